The fourth-order valence-corrected chi connectivity index (χ4v) is 2.94. The molecule has 0 fully saturated rings. The number of para-hydroxylation sites is 2. The Morgan fingerprint density at radius 1 is 0.778 bits per heavy atom. The Hall–Kier alpha value is -3.66. The van der Waals surface area contributed by atoms with Gasteiger partial charge in [-0.25, -0.2) is 4.68 Å². The smallest absolute Gasteiger partial charge is 0.267 e. The largest absolute Gasteiger partial charge is 0.457 e. The Morgan fingerprint density at radius 3 is 2.15 bits per heavy atom. The van der Waals surface area contributed by atoms with Crippen LogP contribution in [0.5, 0.6) is 11.5 Å². The number of hydrogen-bond acceptors (Lipinski definition) is 3. The van der Waals surface area contributed by atoms with Crippen LogP contribution in [0.2, 0.25) is 0 Å². The summed E-state index contributed by atoms with van der Waals surface area (Å²) in [7, 11) is 1.65. The second-order valence-corrected chi connectivity index (χ2v) is 6.15. The molecular formula is C23H18N2O2. The fourth-order valence-electron chi connectivity index (χ4n) is 2.94. The molecule has 0 aliphatic heterocycles. The Kier molecular flexibility index (Phi) is 4.54. The van der Waals surface area contributed by atoms with Gasteiger partial charge >= 0.3 is 0 Å². The number of rotatable bonds is 4. The molecule has 0 N–H and O–H groups in total. The molecule has 0 radical (unpaired) electrons. The maximum atomic E-state index is 12.2. The van der Waals surface area contributed by atoms with Gasteiger partial charge in [0.15, 0.2) is 0 Å². The zero-order valence-corrected chi connectivity index (χ0v) is 14.9. The van der Waals surface area contributed by atoms with Crippen molar-refractivity contribution in [3.63, 3.8) is 0 Å². The number of benzene rings is 3. The van der Waals surface area contributed by atoms with Crippen molar-refractivity contribution in [3.05, 3.63) is 101 Å². The van der Waals surface area contributed by atoms with Crippen LogP contribution in [0, 0.1) is 0 Å². The highest BCUT2D eigenvalue weighted by atomic mass is 16.5. The lowest BCUT2D eigenvalue weighted by atomic mass is 9.99. The normalized spacial score (nSPS) is 10.6. The molecule has 1 aromatic heterocycles. The Bertz CT molecular complexity index is 1120. The number of aryl methyl sites for hydroxylation is 1. The molecular weight excluding hydrogens is 336 g/mol. The zero-order chi connectivity index (χ0) is 18.6. The SMILES string of the molecule is Cn1nc(-c2ccccc2Oc2ccccc2)c(-c2ccccc2)cc1=O. The summed E-state index contributed by atoms with van der Waals surface area (Å²) in [6.45, 7) is 0. The van der Waals surface area contributed by atoms with E-state index in [1.807, 2.05) is 84.9 Å². The van der Waals surface area contributed by atoms with Crippen molar-refractivity contribution < 1.29 is 4.74 Å². The van der Waals surface area contributed by atoms with Crippen LogP contribution < -0.4 is 10.3 Å². The van der Waals surface area contributed by atoms with Crippen LogP contribution >= 0.6 is 0 Å². The molecule has 0 unspecified atom stereocenters. The highest BCUT2D eigenvalue weighted by Gasteiger charge is 2.16. The van der Waals surface area contributed by atoms with E-state index in [4.69, 9.17) is 4.74 Å². The molecule has 4 nitrogen and oxygen atoms in total. The average Bonchev–Trinajstić information content (AvgIpc) is 2.72. The Balaban J connectivity index is 1.90. The van der Waals surface area contributed by atoms with Gasteiger partial charge < -0.3 is 4.74 Å². The third-order valence-electron chi connectivity index (χ3n) is 4.29. The van der Waals surface area contributed by atoms with Crippen LogP contribution in [0.25, 0.3) is 22.4 Å². The van der Waals surface area contributed by atoms with Crippen molar-refractivity contribution in [2.45, 2.75) is 0 Å². The topological polar surface area (TPSA) is 44.1 Å². The fraction of sp³-hybridized carbons (Fsp3) is 0.0435. The second kappa shape index (κ2) is 7.30. The molecule has 4 rings (SSSR count). The molecule has 0 atom stereocenters. The third kappa shape index (κ3) is 3.51. The number of aromatic nitrogens is 2. The third-order valence-corrected chi connectivity index (χ3v) is 4.29. The maximum Gasteiger partial charge on any atom is 0.267 e. The van der Waals surface area contributed by atoms with E-state index in [0.29, 0.717) is 11.4 Å². The molecule has 0 spiro atoms. The lowest BCUT2D eigenvalue weighted by Gasteiger charge is -2.14. The molecule has 0 aliphatic rings. The van der Waals surface area contributed by atoms with Crippen LogP contribution in [0.1, 0.15) is 0 Å². The summed E-state index contributed by atoms with van der Waals surface area (Å²) in [6.07, 6.45) is 0. The zero-order valence-electron chi connectivity index (χ0n) is 14.9. The van der Waals surface area contributed by atoms with Crippen LogP contribution in [-0.4, -0.2) is 9.78 Å². The first-order chi connectivity index (χ1) is 13.2. The molecule has 3 aromatic carbocycles. The summed E-state index contributed by atoms with van der Waals surface area (Å²) in [5.41, 5.74) is 3.10. The van der Waals surface area contributed by atoms with Crippen molar-refractivity contribution in [2.75, 3.05) is 0 Å². The Morgan fingerprint density at radius 2 is 1.41 bits per heavy atom. The summed E-state index contributed by atoms with van der Waals surface area (Å²) in [5, 5.41) is 4.55. The quantitative estimate of drug-likeness (QED) is 0.523. The monoisotopic (exact) mass is 354 g/mol. The van der Waals surface area contributed by atoms with E-state index in [1.54, 1.807) is 13.1 Å². The minimum atomic E-state index is -0.154. The van der Waals surface area contributed by atoms with Crippen molar-refractivity contribution in [2.24, 2.45) is 7.05 Å². The minimum absolute atomic E-state index is 0.154. The highest BCUT2D eigenvalue weighted by molar-refractivity contribution is 5.83. The summed E-state index contributed by atoms with van der Waals surface area (Å²) in [4.78, 5) is 12.2. The predicted octanol–water partition coefficient (Wildman–Crippen LogP) is 4.91. The predicted molar refractivity (Wildman–Crippen MR) is 107 cm³/mol. The van der Waals surface area contributed by atoms with Crippen LogP contribution in [-0.2, 0) is 7.05 Å². The van der Waals surface area contributed by atoms with Crippen LogP contribution in [0.3, 0.4) is 0 Å². The highest BCUT2D eigenvalue weighted by Crippen LogP contribution is 2.36. The van der Waals surface area contributed by atoms with Gasteiger partial charge in [-0.05, 0) is 29.8 Å². The van der Waals surface area contributed by atoms with Crippen LogP contribution in [0.4, 0.5) is 0 Å². The first kappa shape index (κ1) is 16.8. The molecule has 0 aliphatic carbocycles. The van der Waals surface area contributed by atoms with Gasteiger partial charge in [0.1, 0.15) is 17.2 Å². The molecule has 0 amide bonds. The first-order valence-electron chi connectivity index (χ1n) is 8.68. The minimum Gasteiger partial charge on any atom is -0.457 e. The standard InChI is InChI=1S/C23H18N2O2/c1-25-22(26)16-20(17-10-4-2-5-11-17)23(24-25)19-14-8-9-15-21(19)27-18-12-6-3-7-13-18/h2-16H,1H3. The van der Waals surface area contributed by atoms with E-state index in [0.717, 1.165) is 22.4 Å². The van der Waals surface area contributed by atoms with E-state index in [2.05, 4.69) is 5.10 Å². The van der Waals surface area contributed by atoms with E-state index in [1.165, 1.54) is 4.68 Å². The molecule has 132 valence electrons. The lowest BCUT2D eigenvalue weighted by Crippen LogP contribution is -2.19. The Labute approximate surface area is 157 Å². The summed E-state index contributed by atoms with van der Waals surface area (Å²) < 4.78 is 7.45. The molecule has 0 saturated heterocycles. The van der Waals surface area contributed by atoms with Crippen molar-refractivity contribution in [3.8, 4) is 33.9 Å². The van der Waals surface area contributed by atoms with E-state index in [-0.39, 0.29) is 5.56 Å². The number of nitrogens with zero attached hydrogens (tertiary/aromatic N) is 2. The summed E-state index contributed by atoms with van der Waals surface area (Å²) in [6, 6.07) is 28.7. The average molecular weight is 354 g/mol. The van der Waals surface area contributed by atoms with Gasteiger partial charge in [-0.1, -0.05) is 60.7 Å². The van der Waals surface area contributed by atoms with Crippen molar-refractivity contribution in [1.29, 1.82) is 0 Å². The first-order valence-corrected chi connectivity index (χ1v) is 8.68. The molecule has 4 heteroatoms. The van der Waals surface area contributed by atoms with Gasteiger partial charge in [0.05, 0.1) is 0 Å². The van der Waals surface area contributed by atoms with Gasteiger partial charge in [0.25, 0.3) is 5.56 Å². The molecule has 1 heterocycles. The van der Waals surface area contributed by atoms with E-state index >= 15 is 0 Å². The lowest BCUT2D eigenvalue weighted by molar-refractivity contribution is 0.484. The van der Waals surface area contributed by atoms with E-state index < -0.39 is 0 Å². The van der Waals surface area contributed by atoms with Crippen molar-refractivity contribution in [1.82, 2.24) is 9.78 Å². The summed E-state index contributed by atoms with van der Waals surface area (Å²) >= 11 is 0. The van der Waals surface area contributed by atoms with Gasteiger partial charge in [-0.2, -0.15) is 5.10 Å². The van der Waals surface area contributed by atoms with Crippen LogP contribution in [0.15, 0.2) is 95.8 Å². The van der Waals surface area contributed by atoms with Gasteiger partial charge in [0.2, 0.25) is 0 Å². The number of hydrogen-bond donors (Lipinski definition) is 0. The molecule has 0 bridgehead atoms. The summed E-state index contributed by atoms with van der Waals surface area (Å²) in [5.74, 6) is 1.43. The van der Waals surface area contributed by atoms with Gasteiger partial charge in [-0.3, -0.25) is 4.79 Å². The number of ether oxygens (including phenoxy) is 1. The molecule has 4 aromatic rings. The maximum absolute atomic E-state index is 12.2. The van der Waals surface area contributed by atoms with Gasteiger partial charge in [0, 0.05) is 24.2 Å². The second-order valence-electron chi connectivity index (χ2n) is 6.15. The van der Waals surface area contributed by atoms with Crippen molar-refractivity contribution >= 4 is 0 Å². The van der Waals surface area contributed by atoms with E-state index in [9.17, 15) is 4.79 Å². The van der Waals surface area contributed by atoms with Gasteiger partial charge in [-0.15, -0.1) is 0 Å². The molecule has 0 saturated carbocycles. The molecule has 27 heavy (non-hydrogen) atoms.